The molecular formula is C19H17N3O3S. The normalized spacial score (nSPS) is 11.4. The summed E-state index contributed by atoms with van der Waals surface area (Å²) in [7, 11) is 0.0998. The molecule has 0 spiro atoms. The van der Waals surface area contributed by atoms with E-state index in [1.54, 1.807) is 67.9 Å². The number of aromatic nitrogens is 1. The van der Waals surface area contributed by atoms with E-state index in [0.717, 1.165) is 0 Å². The maximum absolute atomic E-state index is 12.5. The highest BCUT2D eigenvalue weighted by atomic mass is 32.2. The van der Waals surface area contributed by atoms with Gasteiger partial charge in [-0.15, -0.1) is 0 Å². The third-order valence-electron chi connectivity index (χ3n) is 3.53. The fraction of sp³-hybridized carbons (Fsp3) is 0.0526. The molecule has 0 saturated heterocycles. The molecule has 0 aliphatic carbocycles. The smallest absolute Gasteiger partial charge is 0.274 e. The summed E-state index contributed by atoms with van der Waals surface area (Å²) in [5.74, 6) is 0.312. The number of methoxy groups -OCH3 is 1. The Morgan fingerprint density at radius 2 is 1.73 bits per heavy atom. The van der Waals surface area contributed by atoms with E-state index in [-0.39, 0.29) is 5.91 Å². The SMILES string of the molecule is COc1ccccc1NS(=O)c1ccc(NC(=O)c2ccccn2)cc1. The fourth-order valence-electron chi connectivity index (χ4n) is 2.24. The second-order valence-electron chi connectivity index (χ2n) is 5.26. The summed E-state index contributed by atoms with van der Waals surface area (Å²) in [6, 6.07) is 19.1. The van der Waals surface area contributed by atoms with Crippen molar-refractivity contribution in [3.05, 3.63) is 78.6 Å². The van der Waals surface area contributed by atoms with Gasteiger partial charge in [0.15, 0.2) is 0 Å². The van der Waals surface area contributed by atoms with E-state index in [1.165, 1.54) is 0 Å². The number of rotatable bonds is 6. The van der Waals surface area contributed by atoms with Crippen LogP contribution in [0.25, 0.3) is 0 Å². The molecular weight excluding hydrogens is 350 g/mol. The first kappa shape index (κ1) is 17.6. The van der Waals surface area contributed by atoms with Crippen molar-refractivity contribution in [2.75, 3.05) is 17.1 Å². The first-order valence-electron chi connectivity index (χ1n) is 7.81. The number of carbonyl (C=O) groups is 1. The predicted molar refractivity (Wildman–Crippen MR) is 102 cm³/mol. The van der Waals surface area contributed by atoms with Gasteiger partial charge in [-0.25, -0.2) is 4.21 Å². The number of ether oxygens (including phenoxy) is 1. The summed E-state index contributed by atoms with van der Waals surface area (Å²) >= 11 is 0. The van der Waals surface area contributed by atoms with Gasteiger partial charge in [0.05, 0.1) is 17.7 Å². The molecule has 2 N–H and O–H groups in total. The van der Waals surface area contributed by atoms with Crippen molar-refractivity contribution in [3.8, 4) is 5.75 Å². The lowest BCUT2D eigenvalue weighted by atomic mass is 10.3. The molecule has 26 heavy (non-hydrogen) atoms. The minimum atomic E-state index is -1.46. The number of hydrogen-bond donors (Lipinski definition) is 2. The molecule has 132 valence electrons. The summed E-state index contributed by atoms with van der Waals surface area (Å²) < 4.78 is 20.6. The van der Waals surface area contributed by atoms with Crippen LogP contribution in [0.4, 0.5) is 11.4 Å². The topological polar surface area (TPSA) is 80.3 Å². The lowest BCUT2D eigenvalue weighted by molar-refractivity contribution is 0.102. The van der Waals surface area contributed by atoms with Crippen LogP contribution in [0.3, 0.4) is 0 Å². The lowest BCUT2D eigenvalue weighted by Gasteiger charge is -2.11. The van der Waals surface area contributed by atoms with Gasteiger partial charge in [0.2, 0.25) is 0 Å². The lowest BCUT2D eigenvalue weighted by Crippen LogP contribution is -2.13. The summed E-state index contributed by atoms with van der Waals surface area (Å²) in [4.78, 5) is 16.7. The zero-order valence-electron chi connectivity index (χ0n) is 14.0. The standard InChI is InChI=1S/C19H17N3O3S/c1-25-18-8-3-2-6-16(18)22-26(24)15-11-9-14(10-12-15)21-19(23)17-7-4-5-13-20-17/h2-13,22H,1H3,(H,21,23). The van der Waals surface area contributed by atoms with Crippen molar-refractivity contribution in [2.24, 2.45) is 0 Å². The molecule has 6 nitrogen and oxygen atoms in total. The van der Waals surface area contributed by atoms with Gasteiger partial charge in [-0.1, -0.05) is 18.2 Å². The van der Waals surface area contributed by atoms with Crippen LogP contribution in [0, 0.1) is 0 Å². The van der Waals surface area contributed by atoms with E-state index in [4.69, 9.17) is 4.74 Å². The Morgan fingerprint density at radius 1 is 1.00 bits per heavy atom. The van der Waals surface area contributed by atoms with Crippen molar-refractivity contribution >= 4 is 28.3 Å². The Balaban J connectivity index is 1.67. The van der Waals surface area contributed by atoms with Gasteiger partial charge in [-0.2, -0.15) is 0 Å². The largest absolute Gasteiger partial charge is 0.495 e. The summed E-state index contributed by atoms with van der Waals surface area (Å²) in [5, 5.41) is 2.75. The summed E-state index contributed by atoms with van der Waals surface area (Å²) in [6.45, 7) is 0. The number of anilines is 2. The Labute approximate surface area is 153 Å². The molecule has 0 aliphatic heterocycles. The van der Waals surface area contributed by atoms with Gasteiger partial charge in [-0.05, 0) is 48.5 Å². The molecule has 3 aromatic rings. The average molecular weight is 367 g/mol. The molecule has 7 heteroatoms. The van der Waals surface area contributed by atoms with Gasteiger partial charge in [-0.3, -0.25) is 14.5 Å². The van der Waals surface area contributed by atoms with Crippen molar-refractivity contribution in [2.45, 2.75) is 4.90 Å². The number of carbonyl (C=O) groups excluding carboxylic acids is 1. The number of hydrogen-bond acceptors (Lipinski definition) is 4. The Bertz CT molecular complexity index is 915. The molecule has 1 aromatic heterocycles. The van der Waals surface area contributed by atoms with Crippen molar-refractivity contribution < 1.29 is 13.7 Å². The molecule has 3 rings (SSSR count). The molecule has 1 unspecified atom stereocenters. The molecule has 1 amide bonds. The number of para-hydroxylation sites is 2. The molecule has 1 heterocycles. The van der Waals surface area contributed by atoms with Crippen molar-refractivity contribution in [3.63, 3.8) is 0 Å². The Kier molecular flexibility index (Phi) is 5.60. The highest BCUT2D eigenvalue weighted by molar-refractivity contribution is 7.86. The zero-order chi connectivity index (χ0) is 18.4. The van der Waals surface area contributed by atoms with E-state index in [9.17, 15) is 9.00 Å². The number of benzene rings is 2. The second kappa shape index (κ2) is 8.26. The predicted octanol–water partition coefficient (Wildman–Crippen LogP) is 3.48. The highest BCUT2D eigenvalue weighted by Crippen LogP contribution is 2.25. The molecule has 0 fully saturated rings. The molecule has 0 saturated carbocycles. The van der Waals surface area contributed by atoms with Crippen LogP contribution in [0.1, 0.15) is 10.5 Å². The maximum Gasteiger partial charge on any atom is 0.274 e. The van der Waals surface area contributed by atoms with Crippen LogP contribution in [0.2, 0.25) is 0 Å². The van der Waals surface area contributed by atoms with E-state index in [2.05, 4.69) is 15.0 Å². The van der Waals surface area contributed by atoms with Gasteiger partial charge >= 0.3 is 0 Å². The van der Waals surface area contributed by atoms with Crippen molar-refractivity contribution in [1.82, 2.24) is 4.98 Å². The number of nitrogens with one attached hydrogen (secondary N) is 2. The third kappa shape index (κ3) is 4.25. The quantitative estimate of drug-likeness (QED) is 0.699. The van der Waals surface area contributed by atoms with E-state index in [0.29, 0.717) is 27.7 Å². The van der Waals surface area contributed by atoms with Gasteiger partial charge in [0, 0.05) is 11.9 Å². The zero-order valence-corrected chi connectivity index (χ0v) is 14.8. The molecule has 0 bridgehead atoms. The van der Waals surface area contributed by atoms with Crippen LogP contribution in [0.5, 0.6) is 5.75 Å². The van der Waals surface area contributed by atoms with Crippen LogP contribution < -0.4 is 14.8 Å². The Morgan fingerprint density at radius 3 is 2.42 bits per heavy atom. The van der Waals surface area contributed by atoms with Crippen LogP contribution in [-0.4, -0.2) is 22.2 Å². The minimum absolute atomic E-state index is 0.299. The molecule has 1 atom stereocenters. The minimum Gasteiger partial charge on any atom is -0.495 e. The second-order valence-corrected chi connectivity index (χ2v) is 6.48. The van der Waals surface area contributed by atoms with E-state index >= 15 is 0 Å². The van der Waals surface area contributed by atoms with Gasteiger partial charge in [0.25, 0.3) is 5.91 Å². The maximum atomic E-state index is 12.5. The summed E-state index contributed by atoms with van der Waals surface area (Å²) in [6.07, 6.45) is 1.56. The monoisotopic (exact) mass is 367 g/mol. The number of amides is 1. The fourth-order valence-corrected chi connectivity index (χ4v) is 3.11. The van der Waals surface area contributed by atoms with Crippen molar-refractivity contribution in [1.29, 1.82) is 0 Å². The average Bonchev–Trinajstić information content (AvgIpc) is 2.69. The highest BCUT2D eigenvalue weighted by Gasteiger charge is 2.10. The van der Waals surface area contributed by atoms with E-state index in [1.807, 2.05) is 12.1 Å². The van der Waals surface area contributed by atoms with Crippen LogP contribution in [0.15, 0.2) is 77.8 Å². The number of nitrogens with zero attached hydrogens (tertiary/aromatic N) is 1. The first-order chi connectivity index (χ1) is 12.7. The molecule has 0 aliphatic rings. The molecule has 2 aromatic carbocycles. The Hall–Kier alpha value is -3.19. The van der Waals surface area contributed by atoms with Gasteiger partial charge in [0.1, 0.15) is 22.4 Å². The van der Waals surface area contributed by atoms with E-state index < -0.39 is 11.0 Å². The first-order valence-corrected chi connectivity index (χ1v) is 8.96. The number of pyridine rings is 1. The van der Waals surface area contributed by atoms with Gasteiger partial charge < -0.3 is 10.1 Å². The van der Waals surface area contributed by atoms with Crippen LogP contribution in [-0.2, 0) is 11.0 Å². The molecule has 0 radical (unpaired) electrons. The van der Waals surface area contributed by atoms with Crippen LogP contribution >= 0.6 is 0 Å². The summed E-state index contributed by atoms with van der Waals surface area (Å²) in [5.41, 5.74) is 1.57. The third-order valence-corrected chi connectivity index (χ3v) is 4.64.